The van der Waals surface area contributed by atoms with E-state index in [1.165, 1.54) is 0 Å². The molecule has 0 spiro atoms. The number of fused-ring (bicyclic) bond motifs is 1. The number of hydrogen-bond acceptors (Lipinski definition) is 4. The van der Waals surface area contributed by atoms with Crippen molar-refractivity contribution in [1.29, 1.82) is 0 Å². The summed E-state index contributed by atoms with van der Waals surface area (Å²) in [4.78, 5) is 6.52. The average molecular weight is 218 g/mol. The van der Waals surface area contributed by atoms with E-state index in [1.54, 1.807) is 12.5 Å². The molecule has 1 atom stereocenters. The van der Waals surface area contributed by atoms with Crippen LogP contribution in [0, 0.1) is 0 Å². The van der Waals surface area contributed by atoms with Crippen molar-refractivity contribution in [2.45, 2.75) is 18.9 Å². The van der Waals surface area contributed by atoms with E-state index in [2.05, 4.69) is 9.88 Å². The van der Waals surface area contributed by atoms with Gasteiger partial charge in [0.15, 0.2) is 0 Å². The number of aliphatic hydroxyl groups excluding tert-OH is 1. The zero-order valence-corrected chi connectivity index (χ0v) is 8.97. The van der Waals surface area contributed by atoms with Gasteiger partial charge in [0, 0.05) is 19.3 Å². The number of aliphatic hydroxyl groups is 1. The van der Waals surface area contributed by atoms with E-state index in [1.807, 2.05) is 12.1 Å². The molecule has 2 aromatic heterocycles. The van der Waals surface area contributed by atoms with Gasteiger partial charge in [-0.05, 0) is 25.0 Å². The number of furan rings is 1. The quantitative estimate of drug-likeness (QED) is 0.792. The summed E-state index contributed by atoms with van der Waals surface area (Å²) in [6.07, 6.45) is 5.09. The molecule has 1 N–H and O–H groups in total. The summed E-state index contributed by atoms with van der Waals surface area (Å²) in [5.74, 6) is 0.921. The van der Waals surface area contributed by atoms with Gasteiger partial charge in [0.05, 0.1) is 17.8 Å². The normalized spacial score (nSPS) is 21.6. The van der Waals surface area contributed by atoms with Crippen molar-refractivity contribution in [3.8, 4) is 0 Å². The SMILES string of the molecule is O[C@H]1CCCN(c2nccc3occc23)C1. The third-order valence-electron chi connectivity index (χ3n) is 3.05. The molecule has 4 heteroatoms. The van der Waals surface area contributed by atoms with E-state index < -0.39 is 0 Å². The predicted octanol–water partition coefficient (Wildman–Crippen LogP) is 1.79. The maximum Gasteiger partial charge on any atom is 0.139 e. The Morgan fingerprint density at radius 2 is 2.38 bits per heavy atom. The van der Waals surface area contributed by atoms with Crippen LogP contribution in [-0.4, -0.2) is 29.3 Å². The molecule has 0 amide bonds. The number of hydrogen-bond donors (Lipinski definition) is 1. The van der Waals surface area contributed by atoms with Crippen molar-refractivity contribution in [2.24, 2.45) is 0 Å². The maximum atomic E-state index is 9.67. The summed E-state index contributed by atoms with van der Waals surface area (Å²) >= 11 is 0. The number of nitrogens with zero attached hydrogens (tertiary/aromatic N) is 2. The average Bonchev–Trinajstić information content (AvgIpc) is 2.76. The van der Waals surface area contributed by atoms with Gasteiger partial charge in [-0.1, -0.05) is 0 Å². The zero-order valence-electron chi connectivity index (χ0n) is 8.97. The number of anilines is 1. The van der Waals surface area contributed by atoms with Gasteiger partial charge >= 0.3 is 0 Å². The Hall–Kier alpha value is -1.55. The van der Waals surface area contributed by atoms with E-state index in [-0.39, 0.29) is 6.10 Å². The molecule has 3 rings (SSSR count). The minimum atomic E-state index is -0.238. The van der Waals surface area contributed by atoms with E-state index in [0.29, 0.717) is 6.54 Å². The number of β-amino-alcohol motifs (C(OH)–C–C–N with tert-alkyl or cyclic N) is 1. The number of pyridine rings is 1. The van der Waals surface area contributed by atoms with E-state index in [4.69, 9.17) is 4.42 Å². The Labute approximate surface area is 93.5 Å². The number of rotatable bonds is 1. The molecule has 0 radical (unpaired) electrons. The van der Waals surface area contributed by atoms with Crippen LogP contribution >= 0.6 is 0 Å². The van der Waals surface area contributed by atoms with Crippen LogP contribution in [-0.2, 0) is 0 Å². The van der Waals surface area contributed by atoms with Crippen molar-refractivity contribution in [3.63, 3.8) is 0 Å². The summed E-state index contributed by atoms with van der Waals surface area (Å²) in [5, 5.41) is 10.7. The highest BCUT2D eigenvalue weighted by Gasteiger charge is 2.20. The molecule has 0 unspecified atom stereocenters. The highest BCUT2D eigenvalue weighted by atomic mass is 16.3. The van der Waals surface area contributed by atoms with Crippen LogP contribution in [0.3, 0.4) is 0 Å². The highest BCUT2D eigenvalue weighted by Crippen LogP contribution is 2.27. The Bertz CT molecular complexity index is 494. The van der Waals surface area contributed by atoms with Crippen LogP contribution in [0.5, 0.6) is 0 Å². The number of piperidine rings is 1. The Balaban J connectivity index is 2.01. The fourth-order valence-corrected chi connectivity index (χ4v) is 2.28. The smallest absolute Gasteiger partial charge is 0.139 e. The molecule has 3 heterocycles. The number of aromatic nitrogens is 1. The van der Waals surface area contributed by atoms with Crippen LogP contribution in [0.2, 0.25) is 0 Å². The molecular formula is C12H14N2O2. The third-order valence-corrected chi connectivity index (χ3v) is 3.05. The van der Waals surface area contributed by atoms with Crippen LogP contribution < -0.4 is 4.90 Å². The monoisotopic (exact) mass is 218 g/mol. The summed E-state index contributed by atoms with van der Waals surface area (Å²) in [5.41, 5.74) is 0.852. The summed E-state index contributed by atoms with van der Waals surface area (Å²) in [7, 11) is 0. The predicted molar refractivity (Wildman–Crippen MR) is 61.5 cm³/mol. The first kappa shape index (κ1) is 9.66. The lowest BCUT2D eigenvalue weighted by Gasteiger charge is -2.31. The first-order valence-electron chi connectivity index (χ1n) is 5.60. The molecule has 1 saturated heterocycles. The van der Waals surface area contributed by atoms with E-state index in [0.717, 1.165) is 36.2 Å². The lowest BCUT2D eigenvalue weighted by Crippen LogP contribution is -2.38. The minimum Gasteiger partial charge on any atom is -0.464 e. The first-order chi connectivity index (χ1) is 7.84. The van der Waals surface area contributed by atoms with Gasteiger partial charge in [-0.25, -0.2) is 4.98 Å². The summed E-state index contributed by atoms with van der Waals surface area (Å²) in [6, 6.07) is 3.79. The Morgan fingerprint density at radius 3 is 3.25 bits per heavy atom. The van der Waals surface area contributed by atoms with Gasteiger partial charge in [-0.15, -0.1) is 0 Å². The molecule has 84 valence electrons. The second-order valence-corrected chi connectivity index (χ2v) is 4.21. The fraction of sp³-hybridized carbons (Fsp3) is 0.417. The van der Waals surface area contributed by atoms with Crippen molar-refractivity contribution in [1.82, 2.24) is 4.98 Å². The lowest BCUT2D eigenvalue weighted by molar-refractivity contribution is 0.154. The van der Waals surface area contributed by atoms with Gasteiger partial charge in [0.25, 0.3) is 0 Å². The van der Waals surface area contributed by atoms with Crippen LogP contribution in [0.4, 0.5) is 5.82 Å². The van der Waals surface area contributed by atoms with Crippen molar-refractivity contribution >= 4 is 16.8 Å². The molecule has 0 aliphatic carbocycles. The molecule has 0 aromatic carbocycles. The molecule has 1 fully saturated rings. The van der Waals surface area contributed by atoms with Gasteiger partial charge in [0.1, 0.15) is 11.4 Å². The van der Waals surface area contributed by atoms with Crippen LogP contribution in [0.25, 0.3) is 11.0 Å². The first-order valence-corrected chi connectivity index (χ1v) is 5.60. The van der Waals surface area contributed by atoms with Gasteiger partial charge in [-0.3, -0.25) is 0 Å². The Morgan fingerprint density at radius 1 is 1.44 bits per heavy atom. The third kappa shape index (κ3) is 1.55. The van der Waals surface area contributed by atoms with Crippen molar-refractivity contribution < 1.29 is 9.52 Å². The standard InChI is InChI=1S/C12H14N2O2/c15-9-2-1-6-14(8-9)12-10-4-7-16-11(10)3-5-13-12/h3-5,7,9,15H,1-2,6,8H2/t9-/m0/s1. The molecule has 1 aliphatic rings. The Kier molecular flexibility index (Phi) is 2.29. The summed E-state index contributed by atoms with van der Waals surface area (Å²) < 4.78 is 5.35. The molecule has 2 aromatic rings. The minimum absolute atomic E-state index is 0.238. The molecule has 1 aliphatic heterocycles. The van der Waals surface area contributed by atoms with Crippen LogP contribution in [0.15, 0.2) is 29.0 Å². The topological polar surface area (TPSA) is 49.5 Å². The summed E-state index contributed by atoms with van der Waals surface area (Å²) in [6.45, 7) is 1.62. The largest absolute Gasteiger partial charge is 0.464 e. The molecule has 0 saturated carbocycles. The zero-order chi connectivity index (χ0) is 11.0. The van der Waals surface area contributed by atoms with E-state index >= 15 is 0 Å². The molecule has 16 heavy (non-hydrogen) atoms. The van der Waals surface area contributed by atoms with E-state index in [9.17, 15) is 5.11 Å². The second-order valence-electron chi connectivity index (χ2n) is 4.21. The maximum absolute atomic E-state index is 9.67. The molecule has 0 bridgehead atoms. The highest BCUT2D eigenvalue weighted by molar-refractivity contribution is 5.88. The lowest BCUT2D eigenvalue weighted by atomic mass is 10.1. The van der Waals surface area contributed by atoms with Gasteiger partial charge < -0.3 is 14.4 Å². The van der Waals surface area contributed by atoms with Gasteiger partial charge in [-0.2, -0.15) is 0 Å². The molecular weight excluding hydrogens is 204 g/mol. The second kappa shape index (κ2) is 3.79. The van der Waals surface area contributed by atoms with Gasteiger partial charge in [0.2, 0.25) is 0 Å². The van der Waals surface area contributed by atoms with Crippen LogP contribution in [0.1, 0.15) is 12.8 Å². The fourth-order valence-electron chi connectivity index (χ4n) is 2.28. The molecule has 4 nitrogen and oxygen atoms in total. The van der Waals surface area contributed by atoms with Crippen molar-refractivity contribution in [2.75, 3.05) is 18.0 Å². The van der Waals surface area contributed by atoms with Crippen molar-refractivity contribution in [3.05, 3.63) is 24.6 Å².